The number of carbonyl (C=O) groups is 2. The van der Waals surface area contributed by atoms with Crippen LogP contribution in [0.4, 0.5) is 29.3 Å². The lowest BCUT2D eigenvalue weighted by Gasteiger charge is -2.13. The maximum absolute atomic E-state index is 12.1. The molecule has 1 aromatic heterocycles. The molecule has 2 rings (SSSR count). The molecule has 1 unspecified atom stereocenters. The van der Waals surface area contributed by atoms with Crippen LogP contribution in [0.5, 0.6) is 0 Å². The van der Waals surface area contributed by atoms with Crippen LogP contribution in [0.25, 0.3) is 0 Å². The number of benzene rings is 1. The largest absolute Gasteiger partial charge is 0.440 e. The molecule has 1 heterocycles. The minimum Gasteiger partial charge on any atom is -0.440 e. The quantitative estimate of drug-likeness (QED) is 0.857. The fraction of sp³-hybridized carbons (Fsp3) is 0.286. The van der Waals surface area contributed by atoms with Crippen LogP contribution in [-0.2, 0) is 9.53 Å². The summed E-state index contributed by atoms with van der Waals surface area (Å²) in [6.45, 7) is -0.0380. The Balaban J connectivity index is 1.87. The van der Waals surface area contributed by atoms with E-state index in [1.165, 1.54) is 41.6 Å². The van der Waals surface area contributed by atoms with Crippen molar-refractivity contribution in [3.8, 4) is 0 Å². The van der Waals surface area contributed by atoms with Gasteiger partial charge in [0.05, 0.1) is 0 Å². The molecule has 0 aliphatic carbocycles. The Hall–Kier alpha value is -3.11. The topological polar surface area (TPSA) is 98.1 Å². The van der Waals surface area contributed by atoms with E-state index in [-0.39, 0.29) is 11.6 Å². The van der Waals surface area contributed by atoms with Gasteiger partial charge in [0.15, 0.2) is 6.61 Å². The Morgan fingerprint density at radius 2 is 1.80 bits per heavy atom. The summed E-state index contributed by atoms with van der Waals surface area (Å²) in [7, 11) is 0. The standard InChI is InChI=1S/C14H14F3N5O3/c1-9(22-8-18-7-19-22)12(23)20-10-2-4-11(5-3-10)21-13(24)25-6-14(15,16)17/h2-5,7-9H,6H2,1H3,(H,20,23)(H,21,24). The Bertz CT molecular complexity index is 716. The predicted molar refractivity (Wildman–Crippen MR) is 80.8 cm³/mol. The molecule has 0 saturated carbocycles. The molecule has 8 nitrogen and oxygen atoms in total. The van der Waals surface area contributed by atoms with E-state index in [1.807, 2.05) is 0 Å². The smallest absolute Gasteiger partial charge is 0.422 e. The van der Waals surface area contributed by atoms with E-state index < -0.39 is 24.9 Å². The third-order valence-corrected chi connectivity index (χ3v) is 2.98. The van der Waals surface area contributed by atoms with E-state index in [0.29, 0.717) is 5.69 Å². The monoisotopic (exact) mass is 357 g/mol. The zero-order valence-electron chi connectivity index (χ0n) is 12.9. The highest BCUT2D eigenvalue weighted by molar-refractivity contribution is 5.93. The molecule has 1 aromatic carbocycles. The number of rotatable bonds is 5. The average Bonchev–Trinajstić information content (AvgIpc) is 3.08. The van der Waals surface area contributed by atoms with Gasteiger partial charge in [-0.15, -0.1) is 0 Å². The Kier molecular flexibility index (Phi) is 5.57. The summed E-state index contributed by atoms with van der Waals surface area (Å²) >= 11 is 0. The van der Waals surface area contributed by atoms with Gasteiger partial charge in [-0.05, 0) is 31.2 Å². The average molecular weight is 357 g/mol. The lowest BCUT2D eigenvalue weighted by molar-refractivity contribution is -0.159. The minimum atomic E-state index is -4.59. The molecule has 2 N–H and O–H groups in total. The van der Waals surface area contributed by atoms with Gasteiger partial charge in [0.2, 0.25) is 5.91 Å². The van der Waals surface area contributed by atoms with Gasteiger partial charge in [-0.1, -0.05) is 0 Å². The van der Waals surface area contributed by atoms with Crippen LogP contribution < -0.4 is 10.6 Å². The van der Waals surface area contributed by atoms with Crippen molar-refractivity contribution < 1.29 is 27.5 Å². The van der Waals surface area contributed by atoms with Gasteiger partial charge in [-0.3, -0.25) is 10.1 Å². The van der Waals surface area contributed by atoms with Crippen LogP contribution >= 0.6 is 0 Å². The number of hydrogen-bond acceptors (Lipinski definition) is 5. The van der Waals surface area contributed by atoms with Crippen molar-refractivity contribution in [1.82, 2.24) is 14.8 Å². The molecule has 0 aliphatic rings. The SMILES string of the molecule is CC(C(=O)Nc1ccc(NC(=O)OCC(F)(F)F)cc1)n1cncn1. The number of alkyl halides is 3. The number of amides is 2. The number of nitrogens with one attached hydrogen (secondary N) is 2. The molecule has 2 aromatic rings. The summed E-state index contributed by atoms with van der Waals surface area (Å²) in [5.74, 6) is -0.337. The number of hydrogen-bond donors (Lipinski definition) is 2. The molecule has 0 fully saturated rings. The lowest BCUT2D eigenvalue weighted by Crippen LogP contribution is -2.24. The second-order valence-electron chi connectivity index (χ2n) is 4.93. The van der Waals surface area contributed by atoms with Crippen molar-refractivity contribution in [2.75, 3.05) is 17.2 Å². The number of ether oxygens (including phenoxy) is 1. The zero-order chi connectivity index (χ0) is 18.4. The van der Waals surface area contributed by atoms with Gasteiger partial charge in [0.25, 0.3) is 0 Å². The second-order valence-corrected chi connectivity index (χ2v) is 4.93. The number of anilines is 2. The molecule has 0 aliphatic heterocycles. The molecule has 2 amide bonds. The highest BCUT2D eigenvalue weighted by atomic mass is 19.4. The molecule has 0 spiro atoms. The van der Waals surface area contributed by atoms with Gasteiger partial charge in [-0.2, -0.15) is 18.3 Å². The minimum absolute atomic E-state index is 0.217. The normalized spacial score (nSPS) is 12.3. The molecular formula is C14H14F3N5O3. The molecule has 1 atom stereocenters. The fourth-order valence-electron chi connectivity index (χ4n) is 1.72. The first kappa shape index (κ1) is 18.2. The van der Waals surface area contributed by atoms with Crippen LogP contribution in [0.3, 0.4) is 0 Å². The van der Waals surface area contributed by atoms with Crippen molar-refractivity contribution in [2.45, 2.75) is 19.1 Å². The van der Waals surface area contributed by atoms with Crippen LogP contribution in [-0.4, -0.2) is 39.5 Å². The summed E-state index contributed by atoms with van der Waals surface area (Å²) in [5.41, 5.74) is 0.653. The first-order valence-corrected chi connectivity index (χ1v) is 7.00. The number of halogens is 3. The predicted octanol–water partition coefficient (Wildman–Crippen LogP) is 2.59. The highest BCUT2D eigenvalue weighted by Gasteiger charge is 2.29. The maximum atomic E-state index is 12.1. The Morgan fingerprint density at radius 3 is 2.32 bits per heavy atom. The molecule has 0 saturated heterocycles. The van der Waals surface area contributed by atoms with E-state index in [0.717, 1.165) is 0 Å². The van der Waals surface area contributed by atoms with Gasteiger partial charge >= 0.3 is 12.3 Å². The first-order valence-electron chi connectivity index (χ1n) is 7.00. The van der Waals surface area contributed by atoms with Gasteiger partial charge < -0.3 is 10.1 Å². The lowest BCUT2D eigenvalue weighted by atomic mass is 10.2. The second kappa shape index (κ2) is 7.64. The van der Waals surface area contributed by atoms with E-state index >= 15 is 0 Å². The molecule has 0 radical (unpaired) electrons. The van der Waals surface area contributed by atoms with Crippen molar-refractivity contribution in [1.29, 1.82) is 0 Å². The fourth-order valence-corrected chi connectivity index (χ4v) is 1.72. The van der Waals surface area contributed by atoms with Crippen LogP contribution in [0.1, 0.15) is 13.0 Å². The summed E-state index contributed by atoms with van der Waals surface area (Å²) in [6.07, 6.45) is -3.10. The van der Waals surface area contributed by atoms with Crippen molar-refractivity contribution >= 4 is 23.4 Å². The number of carbonyl (C=O) groups excluding carboxylic acids is 2. The Morgan fingerprint density at radius 1 is 1.20 bits per heavy atom. The Labute approximate surface area is 140 Å². The van der Waals surface area contributed by atoms with Crippen molar-refractivity contribution in [3.63, 3.8) is 0 Å². The van der Waals surface area contributed by atoms with Gasteiger partial charge in [0, 0.05) is 11.4 Å². The summed E-state index contributed by atoms with van der Waals surface area (Å²) < 4.78 is 41.2. The maximum Gasteiger partial charge on any atom is 0.422 e. The highest BCUT2D eigenvalue weighted by Crippen LogP contribution is 2.17. The number of nitrogens with zero attached hydrogens (tertiary/aromatic N) is 3. The van der Waals surface area contributed by atoms with Crippen LogP contribution in [0.15, 0.2) is 36.9 Å². The summed E-state index contributed by atoms with van der Waals surface area (Å²) in [5, 5.41) is 8.64. The molecule has 134 valence electrons. The first-order chi connectivity index (χ1) is 11.7. The van der Waals surface area contributed by atoms with Crippen LogP contribution in [0, 0.1) is 0 Å². The summed E-state index contributed by atoms with van der Waals surface area (Å²) in [6, 6.07) is 5.18. The summed E-state index contributed by atoms with van der Waals surface area (Å²) in [4.78, 5) is 27.0. The van der Waals surface area contributed by atoms with E-state index in [9.17, 15) is 22.8 Å². The van der Waals surface area contributed by atoms with E-state index in [4.69, 9.17) is 0 Å². The van der Waals surface area contributed by atoms with Crippen LogP contribution in [0.2, 0.25) is 0 Å². The third kappa shape index (κ3) is 5.79. The molecule has 11 heteroatoms. The van der Waals surface area contributed by atoms with Gasteiger partial charge in [-0.25, -0.2) is 14.5 Å². The van der Waals surface area contributed by atoms with E-state index in [1.54, 1.807) is 6.92 Å². The number of aromatic nitrogens is 3. The van der Waals surface area contributed by atoms with Crippen molar-refractivity contribution in [3.05, 3.63) is 36.9 Å². The van der Waals surface area contributed by atoms with Crippen molar-refractivity contribution in [2.24, 2.45) is 0 Å². The van der Waals surface area contributed by atoms with Gasteiger partial charge in [0.1, 0.15) is 18.7 Å². The molecular weight excluding hydrogens is 343 g/mol. The zero-order valence-corrected chi connectivity index (χ0v) is 12.9. The molecule has 0 bridgehead atoms. The van der Waals surface area contributed by atoms with E-state index in [2.05, 4.69) is 25.5 Å². The third-order valence-electron chi connectivity index (χ3n) is 2.98. The molecule has 25 heavy (non-hydrogen) atoms.